The fraction of sp³-hybridized carbons (Fsp3) is 0. The summed E-state index contributed by atoms with van der Waals surface area (Å²) >= 11 is 0. The third-order valence-corrected chi connectivity index (χ3v) is 7.66. The molecule has 0 bridgehead atoms. The first-order valence-electron chi connectivity index (χ1n) is 15.5. The quantitative estimate of drug-likeness (QED) is 0.230. The van der Waals surface area contributed by atoms with Gasteiger partial charge in [-0.25, -0.2) is 9.97 Å². The molecule has 186 valence electrons. The van der Waals surface area contributed by atoms with Gasteiger partial charge in [0.2, 0.25) is 5.95 Å². The van der Waals surface area contributed by atoms with Crippen LogP contribution in [0.4, 0.5) is 0 Å². The summed E-state index contributed by atoms with van der Waals surface area (Å²) in [6.45, 7) is 0. The van der Waals surface area contributed by atoms with Crippen molar-refractivity contribution in [1.29, 1.82) is 0 Å². The molecule has 0 unspecified atom stereocenters. The number of benzene rings is 6. The van der Waals surface area contributed by atoms with Crippen LogP contribution in [0.25, 0.3) is 82.6 Å². The molecule has 4 heteroatoms. The van der Waals surface area contributed by atoms with Crippen molar-refractivity contribution in [3.63, 3.8) is 0 Å². The van der Waals surface area contributed by atoms with Gasteiger partial charge in [0.1, 0.15) is 11.2 Å². The average molecular weight is 517 g/mol. The smallest absolute Gasteiger partial charge is 0.235 e. The summed E-state index contributed by atoms with van der Waals surface area (Å²) in [5, 5.41) is 6.64. The lowest BCUT2D eigenvalue weighted by molar-refractivity contribution is 0.669. The van der Waals surface area contributed by atoms with Gasteiger partial charge in [-0.05, 0) is 47.2 Å². The summed E-state index contributed by atoms with van der Waals surface area (Å²) in [5.41, 5.74) is 4.22. The predicted octanol–water partition coefficient (Wildman–Crippen LogP) is 9.45. The van der Waals surface area contributed by atoms with E-state index in [1.54, 1.807) is 0 Å². The number of rotatable bonds is 2. The van der Waals surface area contributed by atoms with Crippen molar-refractivity contribution >= 4 is 65.4 Å². The van der Waals surface area contributed by atoms with Crippen LogP contribution in [0.3, 0.4) is 0 Å². The Morgan fingerprint density at radius 3 is 2.15 bits per heavy atom. The second-order valence-corrected chi connectivity index (χ2v) is 9.91. The van der Waals surface area contributed by atoms with Gasteiger partial charge in [0.25, 0.3) is 0 Å². The van der Waals surface area contributed by atoms with Crippen molar-refractivity contribution in [3.05, 3.63) is 127 Å². The maximum atomic E-state index is 8.74. The van der Waals surface area contributed by atoms with Crippen molar-refractivity contribution in [2.45, 2.75) is 0 Å². The Kier molecular flexibility index (Phi) is 3.44. The normalized spacial score (nSPS) is 13.8. The van der Waals surface area contributed by atoms with Crippen molar-refractivity contribution in [2.75, 3.05) is 0 Å². The predicted molar refractivity (Wildman–Crippen MR) is 164 cm³/mol. The summed E-state index contributed by atoms with van der Waals surface area (Å²) in [6.07, 6.45) is 0. The van der Waals surface area contributed by atoms with E-state index in [0.717, 1.165) is 54.5 Å². The van der Waals surface area contributed by atoms with E-state index in [1.807, 2.05) is 65.2 Å². The Bertz CT molecular complexity index is 2700. The zero-order chi connectivity index (χ0) is 30.6. The van der Waals surface area contributed by atoms with Gasteiger partial charge in [0.05, 0.1) is 29.1 Å². The summed E-state index contributed by atoms with van der Waals surface area (Å²) in [4.78, 5) is 10.0. The van der Waals surface area contributed by atoms with E-state index in [-0.39, 0.29) is 23.3 Å². The molecule has 0 aliphatic rings. The zero-order valence-corrected chi connectivity index (χ0v) is 21.0. The molecule has 0 spiro atoms. The largest absolute Gasteiger partial charge is 0.456 e. The summed E-state index contributed by atoms with van der Waals surface area (Å²) < 4.78 is 50.6. The van der Waals surface area contributed by atoms with Crippen LogP contribution in [0, 0.1) is 0 Å². The first-order chi connectivity index (χ1) is 21.9. The fourth-order valence-electron chi connectivity index (χ4n) is 5.86. The first-order valence-corrected chi connectivity index (χ1v) is 13.0. The van der Waals surface area contributed by atoms with E-state index >= 15 is 0 Å². The highest BCUT2D eigenvalue weighted by Gasteiger charge is 2.20. The maximum Gasteiger partial charge on any atom is 0.235 e. The van der Waals surface area contributed by atoms with Gasteiger partial charge in [-0.1, -0.05) is 90.9 Å². The number of para-hydroxylation sites is 2. The molecular formula is C36H21N3O. The van der Waals surface area contributed by atoms with Gasteiger partial charge in [-0.3, -0.25) is 4.57 Å². The molecule has 3 aromatic heterocycles. The molecule has 0 radical (unpaired) electrons. The first kappa shape index (κ1) is 17.2. The third-order valence-electron chi connectivity index (χ3n) is 7.66. The number of hydrogen-bond donors (Lipinski definition) is 0. The topological polar surface area (TPSA) is 43.9 Å². The van der Waals surface area contributed by atoms with E-state index in [4.69, 9.17) is 21.2 Å². The number of fused-ring (bicyclic) bond motifs is 8. The molecule has 3 heterocycles. The Morgan fingerprint density at radius 1 is 0.575 bits per heavy atom. The highest BCUT2D eigenvalue weighted by molar-refractivity contribution is 6.19. The summed E-state index contributed by atoms with van der Waals surface area (Å²) in [7, 11) is 0. The molecule has 0 fully saturated rings. The minimum Gasteiger partial charge on any atom is -0.456 e. The molecule has 6 aromatic carbocycles. The van der Waals surface area contributed by atoms with E-state index in [2.05, 4.69) is 36.4 Å². The van der Waals surface area contributed by atoms with Crippen LogP contribution in [0.2, 0.25) is 0 Å². The van der Waals surface area contributed by atoms with Crippen LogP contribution in [0.15, 0.2) is 132 Å². The highest BCUT2D eigenvalue weighted by Crippen LogP contribution is 2.39. The third kappa shape index (κ3) is 3.01. The molecule has 0 aliphatic carbocycles. The van der Waals surface area contributed by atoms with Gasteiger partial charge in [-0.2, -0.15) is 0 Å². The molecule has 0 saturated heterocycles. The zero-order valence-electron chi connectivity index (χ0n) is 26.0. The standard InChI is InChI=1S/C36H21N3O/c1-2-10-22(11-3-1)35-26-15-6-8-16-30(26)37-36(38-35)39-31-19-24-13-5-4-12-23(24)18-27(31)28-21-34-29(20-32(28)39)25-14-7-9-17-33(25)40-34/h1-21H/i1D,2D,3D,10D,11D. The van der Waals surface area contributed by atoms with E-state index in [1.165, 1.54) is 0 Å². The molecule has 9 rings (SSSR count). The highest BCUT2D eigenvalue weighted by atomic mass is 16.3. The molecule has 0 amide bonds. The Hall–Kier alpha value is -5.48. The van der Waals surface area contributed by atoms with E-state index < -0.39 is 18.1 Å². The minimum absolute atomic E-state index is 0.0373. The lowest BCUT2D eigenvalue weighted by Gasteiger charge is -2.12. The lowest BCUT2D eigenvalue weighted by atomic mass is 10.1. The Balaban J connectivity index is 1.46. The molecule has 4 nitrogen and oxygen atoms in total. The average Bonchev–Trinajstić information content (AvgIpc) is 3.58. The van der Waals surface area contributed by atoms with Crippen LogP contribution in [0.5, 0.6) is 0 Å². The Morgan fingerprint density at radius 2 is 1.27 bits per heavy atom. The van der Waals surface area contributed by atoms with Crippen molar-refractivity contribution in [2.24, 2.45) is 0 Å². The number of hydrogen-bond acceptors (Lipinski definition) is 3. The number of nitrogens with zero attached hydrogens (tertiary/aromatic N) is 3. The van der Waals surface area contributed by atoms with Crippen LogP contribution in [-0.2, 0) is 0 Å². The van der Waals surface area contributed by atoms with Crippen LogP contribution in [-0.4, -0.2) is 14.5 Å². The molecule has 0 N–H and O–H groups in total. The molecule has 0 saturated carbocycles. The number of aromatic nitrogens is 3. The second kappa shape index (κ2) is 8.01. The monoisotopic (exact) mass is 516 g/mol. The van der Waals surface area contributed by atoms with Crippen molar-refractivity contribution < 1.29 is 11.3 Å². The lowest BCUT2D eigenvalue weighted by Crippen LogP contribution is -2.03. The Labute approximate surface area is 235 Å². The minimum atomic E-state index is -0.446. The maximum absolute atomic E-state index is 8.74. The van der Waals surface area contributed by atoms with Crippen LogP contribution >= 0.6 is 0 Å². The van der Waals surface area contributed by atoms with Gasteiger partial charge in [0, 0.05) is 32.5 Å². The van der Waals surface area contributed by atoms with Crippen molar-refractivity contribution in [1.82, 2.24) is 14.5 Å². The number of furan rings is 1. The van der Waals surface area contributed by atoms with Gasteiger partial charge < -0.3 is 4.42 Å². The van der Waals surface area contributed by atoms with Gasteiger partial charge in [-0.15, -0.1) is 0 Å². The van der Waals surface area contributed by atoms with Gasteiger partial charge >= 0.3 is 0 Å². The van der Waals surface area contributed by atoms with Crippen LogP contribution < -0.4 is 0 Å². The molecule has 0 atom stereocenters. The van der Waals surface area contributed by atoms with Crippen LogP contribution in [0.1, 0.15) is 6.85 Å². The SMILES string of the molecule is [2H]c1c([2H])c([2H])c(-c2nc(-n3c4cc5ccccc5cc4c4cc5oc6ccccc6c5cc43)nc3ccccc23)c([2H])c1[2H]. The van der Waals surface area contributed by atoms with E-state index in [9.17, 15) is 0 Å². The fourth-order valence-corrected chi connectivity index (χ4v) is 5.86. The van der Waals surface area contributed by atoms with Gasteiger partial charge in [0.15, 0.2) is 0 Å². The summed E-state index contributed by atoms with van der Waals surface area (Å²) in [6, 6.07) is 30.0. The van der Waals surface area contributed by atoms with Crippen molar-refractivity contribution in [3.8, 4) is 17.2 Å². The molecular weight excluding hydrogens is 490 g/mol. The second-order valence-electron chi connectivity index (χ2n) is 9.91. The van der Waals surface area contributed by atoms with E-state index in [0.29, 0.717) is 16.9 Å². The summed E-state index contributed by atoms with van der Waals surface area (Å²) in [5.74, 6) is 0.331. The molecule has 40 heavy (non-hydrogen) atoms. The molecule has 9 aromatic rings. The molecule has 0 aliphatic heterocycles.